The van der Waals surface area contributed by atoms with Gasteiger partial charge in [0.05, 0.1) is 6.04 Å². The Bertz CT molecular complexity index is 526. The van der Waals surface area contributed by atoms with E-state index in [4.69, 9.17) is 10.2 Å². The summed E-state index contributed by atoms with van der Waals surface area (Å²) in [5, 5.41) is 10.1. The molecule has 0 fully saturated rings. The van der Waals surface area contributed by atoms with Crippen molar-refractivity contribution in [2.24, 2.45) is 0 Å². The van der Waals surface area contributed by atoms with Gasteiger partial charge in [-0.05, 0) is 31.0 Å². The van der Waals surface area contributed by atoms with Crippen LogP contribution in [-0.4, -0.2) is 10.2 Å². The maximum atomic E-state index is 13.4. The van der Waals surface area contributed by atoms with Crippen LogP contribution in [0, 0.1) is 12.7 Å². The van der Waals surface area contributed by atoms with E-state index in [9.17, 15) is 4.39 Å². The Morgan fingerprint density at radius 2 is 2.18 bits per heavy atom. The van der Waals surface area contributed by atoms with Crippen molar-refractivity contribution in [2.45, 2.75) is 19.9 Å². The summed E-state index contributed by atoms with van der Waals surface area (Å²) in [5.41, 5.74) is 6.71. The van der Waals surface area contributed by atoms with Gasteiger partial charge in [0.15, 0.2) is 0 Å². The molecule has 0 aliphatic rings. The fourth-order valence-corrected chi connectivity index (χ4v) is 1.44. The van der Waals surface area contributed by atoms with Gasteiger partial charge in [0.25, 0.3) is 0 Å². The van der Waals surface area contributed by atoms with E-state index in [-0.39, 0.29) is 23.9 Å². The molecule has 0 saturated heterocycles. The van der Waals surface area contributed by atoms with Crippen LogP contribution in [0.4, 0.5) is 16.4 Å². The minimum atomic E-state index is -0.235. The number of nitrogens with one attached hydrogen (secondary N) is 1. The van der Waals surface area contributed by atoms with Crippen LogP contribution in [0.3, 0.4) is 0 Å². The van der Waals surface area contributed by atoms with E-state index in [2.05, 4.69) is 15.5 Å². The van der Waals surface area contributed by atoms with Gasteiger partial charge in [-0.1, -0.05) is 22.3 Å². The molecular formula is C11H13FN4O. The molecule has 1 aromatic carbocycles. The summed E-state index contributed by atoms with van der Waals surface area (Å²) in [6.07, 6.45) is 0. The van der Waals surface area contributed by atoms with E-state index in [1.165, 1.54) is 6.07 Å². The zero-order valence-corrected chi connectivity index (χ0v) is 9.57. The molecule has 2 rings (SSSR count). The Morgan fingerprint density at radius 1 is 1.41 bits per heavy atom. The van der Waals surface area contributed by atoms with Crippen LogP contribution in [0.15, 0.2) is 22.6 Å². The van der Waals surface area contributed by atoms with Crippen LogP contribution >= 0.6 is 0 Å². The van der Waals surface area contributed by atoms with Crippen molar-refractivity contribution in [3.8, 4) is 0 Å². The molecule has 1 unspecified atom stereocenters. The van der Waals surface area contributed by atoms with Crippen molar-refractivity contribution < 1.29 is 8.81 Å². The number of hydrogen-bond acceptors (Lipinski definition) is 5. The lowest BCUT2D eigenvalue weighted by Gasteiger charge is -2.12. The Kier molecular flexibility index (Phi) is 2.95. The van der Waals surface area contributed by atoms with Gasteiger partial charge in [-0.3, -0.25) is 0 Å². The first-order valence-electron chi connectivity index (χ1n) is 5.18. The lowest BCUT2D eigenvalue weighted by Crippen LogP contribution is -2.07. The van der Waals surface area contributed by atoms with Gasteiger partial charge in [0.1, 0.15) is 5.82 Å². The topological polar surface area (TPSA) is 77.0 Å². The van der Waals surface area contributed by atoms with Crippen LogP contribution in [-0.2, 0) is 0 Å². The maximum Gasteiger partial charge on any atom is 0.317 e. The number of rotatable bonds is 3. The second kappa shape index (κ2) is 4.40. The summed E-state index contributed by atoms with van der Waals surface area (Å²) < 4.78 is 18.4. The van der Waals surface area contributed by atoms with Crippen LogP contribution in [0.5, 0.6) is 0 Å². The SMILES string of the molecule is Cc1ccc(C(C)Nc2nnc(N)o2)cc1F. The molecule has 6 heteroatoms. The molecule has 1 aromatic heterocycles. The fourth-order valence-electron chi connectivity index (χ4n) is 1.44. The zero-order valence-electron chi connectivity index (χ0n) is 9.57. The highest BCUT2D eigenvalue weighted by atomic mass is 19.1. The smallest absolute Gasteiger partial charge is 0.317 e. The third-order valence-electron chi connectivity index (χ3n) is 2.48. The molecular weight excluding hydrogens is 223 g/mol. The molecule has 1 atom stereocenters. The average molecular weight is 236 g/mol. The largest absolute Gasteiger partial charge is 0.390 e. The highest BCUT2D eigenvalue weighted by molar-refractivity contribution is 5.32. The third kappa shape index (κ3) is 2.52. The second-order valence-corrected chi connectivity index (χ2v) is 3.82. The second-order valence-electron chi connectivity index (χ2n) is 3.82. The summed E-state index contributed by atoms with van der Waals surface area (Å²) in [6, 6.07) is 5.11. The van der Waals surface area contributed by atoms with Gasteiger partial charge in [0.2, 0.25) is 0 Å². The maximum absolute atomic E-state index is 13.4. The molecule has 2 aromatic rings. The summed E-state index contributed by atoms with van der Waals surface area (Å²) in [5.74, 6) is -0.235. The zero-order chi connectivity index (χ0) is 12.4. The van der Waals surface area contributed by atoms with Gasteiger partial charge >= 0.3 is 12.0 Å². The first kappa shape index (κ1) is 11.4. The summed E-state index contributed by atoms with van der Waals surface area (Å²) in [7, 11) is 0. The number of aromatic nitrogens is 2. The van der Waals surface area contributed by atoms with Crippen molar-refractivity contribution in [3.05, 3.63) is 35.1 Å². The predicted molar refractivity (Wildman–Crippen MR) is 61.9 cm³/mol. The lowest BCUT2D eigenvalue weighted by atomic mass is 10.1. The molecule has 17 heavy (non-hydrogen) atoms. The fraction of sp³-hybridized carbons (Fsp3) is 0.273. The minimum absolute atomic E-state index is 0.00483. The Hall–Kier alpha value is -2.11. The standard InChI is InChI=1S/C11H13FN4O/c1-6-3-4-8(5-9(6)12)7(2)14-11-16-15-10(13)17-11/h3-5,7H,1-2H3,(H2,13,15)(H,14,16). The number of aryl methyl sites for hydroxylation is 1. The Balaban J connectivity index is 2.14. The lowest BCUT2D eigenvalue weighted by molar-refractivity contribution is 0.576. The van der Waals surface area contributed by atoms with Gasteiger partial charge in [-0.2, -0.15) is 0 Å². The van der Waals surface area contributed by atoms with Crippen molar-refractivity contribution in [3.63, 3.8) is 0 Å². The highest BCUT2D eigenvalue weighted by Crippen LogP contribution is 2.20. The quantitative estimate of drug-likeness (QED) is 0.854. The van der Waals surface area contributed by atoms with Crippen LogP contribution in [0.25, 0.3) is 0 Å². The molecule has 90 valence electrons. The predicted octanol–water partition coefficient (Wildman–Crippen LogP) is 2.27. The molecule has 0 aliphatic carbocycles. The van der Waals surface area contributed by atoms with Crippen molar-refractivity contribution in [1.29, 1.82) is 0 Å². The Labute approximate surface area is 97.8 Å². The summed E-state index contributed by atoms with van der Waals surface area (Å²) in [6.45, 7) is 3.58. The van der Waals surface area contributed by atoms with Gasteiger partial charge in [-0.25, -0.2) is 4.39 Å². The van der Waals surface area contributed by atoms with Crippen molar-refractivity contribution in [1.82, 2.24) is 10.2 Å². The van der Waals surface area contributed by atoms with E-state index in [0.717, 1.165) is 5.56 Å². The van der Waals surface area contributed by atoms with Crippen molar-refractivity contribution in [2.75, 3.05) is 11.1 Å². The molecule has 0 saturated carbocycles. The van der Waals surface area contributed by atoms with Crippen LogP contribution < -0.4 is 11.1 Å². The van der Waals surface area contributed by atoms with E-state index >= 15 is 0 Å². The molecule has 1 heterocycles. The normalized spacial score (nSPS) is 12.4. The van der Waals surface area contributed by atoms with E-state index in [0.29, 0.717) is 5.56 Å². The number of hydrogen-bond donors (Lipinski definition) is 2. The van der Waals surface area contributed by atoms with Gasteiger partial charge in [-0.15, -0.1) is 0 Å². The number of anilines is 2. The van der Waals surface area contributed by atoms with E-state index in [1.807, 2.05) is 13.0 Å². The summed E-state index contributed by atoms with van der Waals surface area (Å²) >= 11 is 0. The van der Waals surface area contributed by atoms with Gasteiger partial charge in [0, 0.05) is 0 Å². The molecule has 3 N–H and O–H groups in total. The first-order chi connectivity index (χ1) is 8.06. The van der Waals surface area contributed by atoms with E-state index < -0.39 is 0 Å². The first-order valence-corrected chi connectivity index (χ1v) is 5.18. The number of nitrogens with zero attached hydrogens (tertiary/aromatic N) is 2. The average Bonchev–Trinajstić information content (AvgIpc) is 2.68. The van der Waals surface area contributed by atoms with Crippen LogP contribution in [0.2, 0.25) is 0 Å². The van der Waals surface area contributed by atoms with Crippen molar-refractivity contribution >= 4 is 12.0 Å². The number of nitrogens with two attached hydrogens (primary N) is 1. The van der Waals surface area contributed by atoms with Crippen LogP contribution in [0.1, 0.15) is 24.1 Å². The molecule has 0 aliphatic heterocycles. The highest BCUT2D eigenvalue weighted by Gasteiger charge is 2.11. The molecule has 5 nitrogen and oxygen atoms in total. The molecule has 0 bridgehead atoms. The van der Waals surface area contributed by atoms with Gasteiger partial charge < -0.3 is 15.5 Å². The number of halogens is 1. The summed E-state index contributed by atoms with van der Waals surface area (Å²) in [4.78, 5) is 0. The molecule has 0 amide bonds. The monoisotopic (exact) mass is 236 g/mol. The Morgan fingerprint density at radius 3 is 2.76 bits per heavy atom. The molecule has 0 spiro atoms. The number of benzene rings is 1. The molecule has 0 radical (unpaired) electrons. The third-order valence-corrected chi connectivity index (χ3v) is 2.48. The van der Waals surface area contributed by atoms with E-state index in [1.54, 1.807) is 13.0 Å². The minimum Gasteiger partial charge on any atom is -0.390 e. The number of nitrogen functional groups attached to an aromatic ring is 1.